The Kier molecular flexibility index (Phi) is 7.81. The molecule has 0 aliphatic carbocycles. The normalized spacial score (nSPS) is 13.2. The topological polar surface area (TPSA) is 0 Å². The van der Waals surface area contributed by atoms with Gasteiger partial charge in [-0.3, -0.25) is 0 Å². The van der Waals surface area contributed by atoms with Crippen LogP contribution in [0.3, 0.4) is 0 Å². The molecule has 1 aliphatic rings. The van der Waals surface area contributed by atoms with Crippen molar-refractivity contribution < 1.29 is 0 Å². The van der Waals surface area contributed by atoms with Crippen LogP contribution in [0.15, 0.2) is 30.3 Å². The molecule has 0 aromatic carbocycles. The third-order valence-electron chi connectivity index (χ3n) is 4.58. The lowest BCUT2D eigenvalue weighted by Crippen LogP contribution is -1.83. The second kappa shape index (κ2) is 10.3. The number of aryl methyl sites for hydroxylation is 1. The van der Waals surface area contributed by atoms with Gasteiger partial charge in [0, 0.05) is 30.8 Å². The van der Waals surface area contributed by atoms with Crippen molar-refractivity contribution in [3.63, 3.8) is 0 Å². The van der Waals surface area contributed by atoms with E-state index in [4.69, 9.17) is 0 Å². The second-order valence-corrected chi connectivity index (χ2v) is 9.86. The van der Waals surface area contributed by atoms with E-state index in [9.17, 15) is 0 Å². The Bertz CT molecular complexity index is 752. The van der Waals surface area contributed by atoms with Crippen molar-refractivity contribution in [3.8, 4) is 14.9 Å². The SMILES string of the molecule is CCCCCCCCCCc1ccc(-c2ccc(C3=CCC#S3)s2)s1. The molecule has 3 heteroatoms. The highest BCUT2D eigenvalue weighted by Crippen LogP contribution is 2.38. The van der Waals surface area contributed by atoms with Crippen LogP contribution in [0.25, 0.3) is 14.7 Å². The molecule has 0 spiro atoms. The minimum absolute atomic E-state index is 0.981. The number of hydrogen-bond donors (Lipinski definition) is 0. The monoisotopic (exact) mass is 388 g/mol. The molecule has 0 bridgehead atoms. The highest BCUT2D eigenvalue weighted by Gasteiger charge is 2.09. The summed E-state index contributed by atoms with van der Waals surface area (Å²) in [6.45, 7) is 2.29. The zero-order valence-electron chi connectivity index (χ0n) is 15.2. The second-order valence-electron chi connectivity index (χ2n) is 6.67. The Morgan fingerprint density at radius 2 is 1.48 bits per heavy atom. The molecule has 0 nitrogen and oxygen atoms in total. The van der Waals surface area contributed by atoms with Crippen LogP contribution in [0.5, 0.6) is 0 Å². The predicted octanol–water partition coefficient (Wildman–Crippen LogP) is 8.60. The fraction of sp³-hybridized carbons (Fsp3) is 0.500. The van der Waals surface area contributed by atoms with Crippen LogP contribution in [0.4, 0.5) is 0 Å². The average Bonchev–Trinajstić information content (AvgIpc) is 3.37. The molecular formula is C22H28S3. The van der Waals surface area contributed by atoms with E-state index in [-0.39, 0.29) is 0 Å². The number of hydrogen-bond acceptors (Lipinski definition) is 2. The summed E-state index contributed by atoms with van der Waals surface area (Å²) < 4.78 is 0. The van der Waals surface area contributed by atoms with Crippen molar-refractivity contribution in [3.05, 3.63) is 40.1 Å². The Morgan fingerprint density at radius 3 is 2.24 bits per heavy atom. The van der Waals surface area contributed by atoms with E-state index in [1.165, 1.54) is 77.3 Å². The maximum absolute atomic E-state index is 3.30. The van der Waals surface area contributed by atoms with Crippen LogP contribution in [0, 0.1) is 5.18 Å². The maximum atomic E-state index is 3.30. The van der Waals surface area contributed by atoms with Crippen LogP contribution >= 0.6 is 33.8 Å². The van der Waals surface area contributed by atoms with Gasteiger partial charge in [0.15, 0.2) is 0 Å². The fourth-order valence-electron chi connectivity index (χ4n) is 3.13. The van der Waals surface area contributed by atoms with Gasteiger partial charge in [-0.1, -0.05) is 74.3 Å². The number of rotatable bonds is 11. The van der Waals surface area contributed by atoms with Crippen molar-refractivity contribution in [2.24, 2.45) is 0 Å². The summed E-state index contributed by atoms with van der Waals surface area (Å²) in [6.07, 6.45) is 15.7. The van der Waals surface area contributed by atoms with Gasteiger partial charge in [-0.2, -0.15) is 0 Å². The molecule has 0 unspecified atom stereocenters. The third-order valence-corrected chi connectivity index (χ3v) is 8.09. The molecule has 0 atom stereocenters. The Labute approximate surface area is 164 Å². The summed E-state index contributed by atoms with van der Waals surface area (Å²) in [7, 11) is 0. The highest BCUT2D eigenvalue weighted by atomic mass is 32.1. The minimum Gasteiger partial charge on any atom is -0.139 e. The molecule has 0 saturated heterocycles. The van der Waals surface area contributed by atoms with Crippen molar-refractivity contribution in [2.45, 2.75) is 71.1 Å². The molecular weight excluding hydrogens is 360 g/mol. The van der Waals surface area contributed by atoms with Crippen molar-refractivity contribution >= 4 is 38.7 Å². The van der Waals surface area contributed by atoms with E-state index in [0.29, 0.717) is 0 Å². The standard InChI is InChI=1S/C22H28S3/c1-2-3-4-5-6-7-8-9-11-18-13-14-21(24-18)22-16-15-20(25-22)19-12-10-17-23-19/h12-16H,2-11H2,1H3. The highest BCUT2D eigenvalue weighted by molar-refractivity contribution is 7.98. The Balaban J connectivity index is 1.41. The maximum Gasteiger partial charge on any atom is 0.0492 e. The van der Waals surface area contributed by atoms with Gasteiger partial charge in [-0.15, -0.1) is 22.7 Å². The van der Waals surface area contributed by atoms with E-state index in [0.717, 1.165) is 6.42 Å². The van der Waals surface area contributed by atoms with Gasteiger partial charge in [0.2, 0.25) is 0 Å². The molecule has 25 heavy (non-hydrogen) atoms. The summed E-state index contributed by atoms with van der Waals surface area (Å²) in [4.78, 5) is 7.17. The molecule has 134 valence electrons. The van der Waals surface area contributed by atoms with Crippen LogP contribution in [0.2, 0.25) is 0 Å². The first-order chi connectivity index (χ1) is 12.4. The van der Waals surface area contributed by atoms with Gasteiger partial charge in [0.05, 0.1) is 0 Å². The van der Waals surface area contributed by atoms with Gasteiger partial charge >= 0.3 is 0 Å². The van der Waals surface area contributed by atoms with E-state index < -0.39 is 0 Å². The molecule has 3 heterocycles. The summed E-state index contributed by atoms with van der Waals surface area (Å²) >= 11 is 5.66. The van der Waals surface area contributed by atoms with E-state index >= 15 is 0 Å². The molecule has 1 aliphatic heterocycles. The third kappa shape index (κ3) is 5.82. The largest absolute Gasteiger partial charge is 0.139 e. The van der Waals surface area contributed by atoms with Gasteiger partial charge in [0.25, 0.3) is 0 Å². The first-order valence-electron chi connectivity index (χ1n) is 9.66. The van der Waals surface area contributed by atoms with Gasteiger partial charge in [0.1, 0.15) is 0 Å². The number of thiophene rings is 2. The molecule has 2 aromatic heterocycles. The summed E-state index contributed by atoms with van der Waals surface area (Å²) in [5, 5.41) is 3.30. The Morgan fingerprint density at radius 1 is 0.800 bits per heavy atom. The lowest BCUT2D eigenvalue weighted by Gasteiger charge is -2.00. The molecule has 2 aromatic rings. The molecule has 0 amide bonds. The van der Waals surface area contributed by atoms with Crippen LogP contribution in [-0.4, -0.2) is 0 Å². The number of unbranched alkanes of at least 4 members (excludes halogenated alkanes) is 7. The number of allylic oxidation sites excluding steroid dienone is 1. The molecule has 0 fully saturated rings. The van der Waals surface area contributed by atoms with Gasteiger partial charge < -0.3 is 0 Å². The van der Waals surface area contributed by atoms with Crippen molar-refractivity contribution in [1.82, 2.24) is 0 Å². The van der Waals surface area contributed by atoms with E-state index in [1.807, 2.05) is 22.7 Å². The first kappa shape index (κ1) is 18.9. The molecule has 0 saturated carbocycles. The summed E-state index contributed by atoms with van der Waals surface area (Å²) in [5.74, 6) is 0. The van der Waals surface area contributed by atoms with E-state index in [2.05, 4.69) is 42.4 Å². The smallest absolute Gasteiger partial charge is 0.0492 e. The zero-order valence-corrected chi connectivity index (χ0v) is 17.6. The van der Waals surface area contributed by atoms with Crippen LogP contribution in [-0.2, 0) is 6.42 Å². The van der Waals surface area contributed by atoms with E-state index in [1.54, 1.807) is 16.0 Å². The lowest BCUT2D eigenvalue weighted by molar-refractivity contribution is 0.576. The van der Waals surface area contributed by atoms with Crippen LogP contribution in [0.1, 0.15) is 74.5 Å². The molecule has 0 radical (unpaired) electrons. The Hall–Kier alpha value is -0.860. The molecule has 3 rings (SSSR count). The fourth-order valence-corrected chi connectivity index (χ4v) is 6.12. The summed E-state index contributed by atoms with van der Waals surface area (Å²) in [6, 6.07) is 9.20. The van der Waals surface area contributed by atoms with Gasteiger partial charge in [-0.05, 0) is 37.1 Å². The lowest BCUT2D eigenvalue weighted by atomic mass is 10.1. The first-order valence-corrected chi connectivity index (χ1v) is 12.1. The zero-order chi connectivity index (χ0) is 17.3. The van der Waals surface area contributed by atoms with Gasteiger partial charge in [-0.25, -0.2) is 0 Å². The minimum atomic E-state index is 0.981. The summed E-state index contributed by atoms with van der Waals surface area (Å²) in [5.41, 5.74) is 0. The molecule has 0 N–H and O–H groups in total. The average molecular weight is 389 g/mol. The predicted molar refractivity (Wildman–Crippen MR) is 118 cm³/mol. The van der Waals surface area contributed by atoms with Crippen molar-refractivity contribution in [2.75, 3.05) is 0 Å². The quantitative estimate of drug-likeness (QED) is 0.338. The van der Waals surface area contributed by atoms with Crippen LogP contribution < -0.4 is 0 Å². The van der Waals surface area contributed by atoms with Crippen molar-refractivity contribution in [1.29, 1.82) is 0 Å².